The summed E-state index contributed by atoms with van der Waals surface area (Å²) in [6.45, 7) is 0.571. The third-order valence-electron chi connectivity index (χ3n) is 1.23. The molecule has 0 aromatic rings. The van der Waals surface area contributed by atoms with Gasteiger partial charge in [-0.1, -0.05) is 0 Å². The van der Waals surface area contributed by atoms with E-state index in [0.29, 0.717) is 13.0 Å². The number of ether oxygens (including phenoxy) is 1. The lowest BCUT2D eigenvalue weighted by atomic mass is 10.4. The minimum absolute atomic E-state index is 0.192. The van der Waals surface area contributed by atoms with Crippen LogP contribution < -0.4 is 5.32 Å². The maximum atomic E-state index is 11.8. The zero-order valence-corrected chi connectivity index (χ0v) is 5.24. The molecule has 0 amide bonds. The monoisotopic (exact) mass is 155 g/mol. The number of rotatable bonds is 0. The van der Waals surface area contributed by atoms with Gasteiger partial charge in [0.2, 0.25) is 6.23 Å². The van der Waals surface area contributed by atoms with Gasteiger partial charge < -0.3 is 4.74 Å². The predicted molar refractivity (Wildman–Crippen MR) is 28.4 cm³/mol. The van der Waals surface area contributed by atoms with Crippen molar-refractivity contribution in [2.75, 3.05) is 13.2 Å². The summed E-state index contributed by atoms with van der Waals surface area (Å²) in [6.07, 6.45) is -5.37. The molecule has 0 aromatic carbocycles. The van der Waals surface area contributed by atoms with E-state index in [2.05, 4.69) is 10.1 Å². The second kappa shape index (κ2) is 2.75. The summed E-state index contributed by atoms with van der Waals surface area (Å²) in [4.78, 5) is 0. The average Bonchev–Trinajstić information content (AvgIpc) is 1.88. The van der Waals surface area contributed by atoms with Crippen molar-refractivity contribution in [2.45, 2.75) is 18.8 Å². The highest BCUT2D eigenvalue weighted by atomic mass is 19.4. The van der Waals surface area contributed by atoms with Crippen molar-refractivity contribution >= 4 is 0 Å². The Morgan fingerprint density at radius 2 is 2.10 bits per heavy atom. The summed E-state index contributed by atoms with van der Waals surface area (Å²) in [5.41, 5.74) is 0. The highest BCUT2D eigenvalue weighted by Crippen LogP contribution is 2.22. The van der Waals surface area contributed by atoms with Crippen LogP contribution in [-0.4, -0.2) is 25.6 Å². The van der Waals surface area contributed by atoms with E-state index < -0.39 is 12.4 Å². The van der Waals surface area contributed by atoms with Crippen molar-refractivity contribution in [3.05, 3.63) is 0 Å². The summed E-state index contributed by atoms with van der Waals surface area (Å²) in [5, 5.41) is 2.21. The maximum absolute atomic E-state index is 11.8. The average molecular weight is 155 g/mol. The number of nitrogens with one attached hydrogen (secondary N) is 1. The number of alkyl halides is 3. The Bertz CT molecular complexity index is 108. The molecule has 60 valence electrons. The largest absolute Gasteiger partial charge is 0.428 e. The lowest BCUT2D eigenvalue weighted by Crippen LogP contribution is -2.48. The minimum atomic E-state index is -4.26. The highest BCUT2D eigenvalue weighted by Gasteiger charge is 2.41. The predicted octanol–water partition coefficient (Wildman–Crippen LogP) is 0.885. The summed E-state index contributed by atoms with van der Waals surface area (Å²) in [5.74, 6) is 0. The van der Waals surface area contributed by atoms with Crippen molar-refractivity contribution in [1.82, 2.24) is 5.32 Å². The summed E-state index contributed by atoms with van der Waals surface area (Å²) in [6, 6.07) is 0. The lowest BCUT2D eigenvalue weighted by molar-refractivity contribution is -0.237. The first-order valence-corrected chi connectivity index (χ1v) is 3.02. The van der Waals surface area contributed by atoms with Gasteiger partial charge in [0, 0.05) is 0 Å². The molecule has 10 heavy (non-hydrogen) atoms. The standard InChI is InChI=1S/C5H8F3NO/c6-5(7,8)4-9-2-1-3-10-4/h4,9H,1-3H2. The Labute approximate surface area is 56.4 Å². The molecule has 1 rings (SSSR count). The first kappa shape index (κ1) is 7.81. The Balaban J connectivity index is 2.39. The molecule has 0 aliphatic carbocycles. The van der Waals surface area contributed by atoms with Crippen LogP contribution in [0.3, 0.4) is 0 Å². The van der Waals surface area contributed by atoms with Gasteiger partial charge in [-0.05, 0) is 13.0 Å². The van der Waals surface area contributed by atoms with Crippen LogP contribution in [0.25, 0.3) is 0 Å². The first-order chi connectivity index (χ1) is 4.61. The molecule has 0 saturated carbocycles. The van der Waals surface area contributed by atoms with Gasteiger partial charge in [-0.15, -0.1) is 0 Å². The second-order valence-corrected chi connectivity index (χ2v) is 2.10. The van der Waals surface area contributed by atoms with Gasteiger partial charge in [0.25, 0.3) is 0 Å². The third kappa shape index (κ3) is 1.85. The van der Waals surface area contributed by atoms with Crippen LogP contribution in [0.2, 0.25) is 0 Å². The third-order valence-corrected chi connectivity index (χ3v) is 1.23. The molecule has 1 heterocycles. The molecule has 1 aliphatic heterocycles. The second-order valence-electron chi connectivity index (χ2n) is 2.10. The smallest absolute Gasteiger partial charge is 0.354 e. The molecule has 1 saturated heterocycles. The van der Waals surface area contributed by atoms with Gasteiger partial charge in [0.15, 0.2) is 0 Å². The van der Waals surface area contributed by atoms with Gasteiger partial charge in [0.05, 0.1) is 6.61 Å². The van der Waals surface area contributed by atoms with Crippen molar-refractivity contribution in [3.63, 3.8) is 0 Å². The van der Waals surface area contributed by atoms with Crippen molar-refractivity contribution in [2.24, 2.45) is 0 Å². The van der Waals surface area contributed by atoms with E-state index in [1.54, 1.807) is 0 Å². The Morgan fingerprint density at radius 1 is 1.40 bits per heavy atom. The fourth-order valence-corrected chi connectivity index (χ4v) is 0.776. The molecule has 1 atom stereocenters. The Morgan fingerprint density at radius 3 is 2.40 bits per heavy atom. The highest BCUT2D eigenvalue weighted by molar-refractivity contribution is 4.68. The Hall–Kier alpha value is -0.290. The fourth-order valence-electron chi connectivity index (χ4n) is 0.776. The summed E-state index contributed by atoms with van der Waals surface area (Å²) < 4.78 is 39.7. The molecule has 1 N–H and O–H groups in total. The van der Waals surface area contributed by atoms with E-state index in [9.17, 15) is 13.2 Å². The topological polar surface area (TPSA) is 21.3 Å². The summed E-state index contributed by atoms with van der Waals surface area (Å²) >= 11 is 0. The molecular weight excluding hydrogens is 147 g/mol. The van der Waals surface area contributed by atoms with Crippen LogP contribution in [-0.2, 0) is 4.74 Å². The molecule has 1 fully saturated rings. The van der Waals surface area contributed by atoms with E-state index >= 15 is 0 Å². The van der Waals surface area contributed by atoms with Crippen molar-refractivity contribution in [1.29, 1.82) is 0 Å². The van der Waals surface area contributed by atoms with Crippen LogP contribution in [0.5, 0.6) is 0 Å². The van der Waals surface area contributed by atoms with Gasteiger partial charge in [-0.25, -0.2) is 0 Å². The molecule has 2 nitrogen and oxygen atoms in total. The Kier molecular flexibility index (Phi) is 2.15. The lowest BCUT2D eigenvalue weighted by Gasteiger charge is -2.25. The zero-order chi connectivity index (χ0) is 7.61. The molecule has 1 aliphatic rings. The van der Waals surface area contributed by atoms with Crippen LogP contribution in [0.1, 0.15) is 6.42 Å². The molecule has 0 aromatic heterocycles. The van der Waals surface area contributed by atoms with Gasteiger partial charge in [-0.3, -0.25) is 5.32 Å². The van der Waals surface area contributed by atoms with Crippen molar-refractivity contribution < 1.29 is 17.9 Å². The van der Waals surface area contributed by atoms with E-state index in [1.165, 1.54) is 0 Å². The van der Waals surface area contributed by atoms with Gasteiger partial charge in [0.1, 0.15) is 0 Å². The van der Waals surface area contributed by atoms with Crippen LogP contribution in [0.4, 0.5) is 13.2 Å². The number of hydrogen-bond acceptors (Lipinski definition) is 2. The van der Waals surface area contributed by atoms with Crippen LogP contribution in [0.15, 0.2) is 0 Å². The van der Waals surface area contributed by atoms with E-state index in [0.717, 1.165) is 0 Å². The minimum Gasteiger partial charge on any atom is -0.354 e. The van der Waals surface area contributed by atoms with Crippen molar-refractivity contribution in [3.8, 4) is 0 Å². The quantitative estimate of drug-likeness (QED) is 0.560. The van der Waals surface area contributed by atoms with Gasteiger partial charge in [-0.2, -0.15) is 13.2 Å². The normalized spacial score (nSPS) is 28.5. The van der Waals surface area contributed by atoms with Crippen LogP contribution >= 0.6 is 0 Å². The van der Waals surface area contributed by atoms with Gasteiger partial charge >= 0.3 is 6.18 Å². The van der Waals surface area contributed by atoms with E-state index in [1.807, 2.05) is 0 Å². The molecular formula is C5H8F3NO. The first-order valence-electron chi connectivity index (χ1n) is 3.02. The number of hydrogen-bond donors (Lipinski definition) is 1. The molecule has 0 spiro atoms. The molecule has 0 radical (unpaired) electrons. The molecule has 5 heteroatoms. The fraction of sp³-hybridized carbons (Fsp3) is 1.00. The van der Waals surface area contributed by atoms with E-state index in [-0.39, 0.29) is 6.61 Å². The van der Waals surface area contributed by atoms with E-state index in [4.69, 9.17) is 0 Å². The molecule has 0 bridgehead atoms. The SMILES string of the molecule is FC(F)(F)C1NCCCO1. The number of halogens is 3. The zero-order valence-electron chi connectivity index (χ0n) is 5.24. The molecule has 1 unspecified atom stereocenters. The van der Waals surface area contributed by atoms with Crippen LogP contribution in [0, 0.1) is 0 Å². The summed E-state index contributed by atoms with van der Waals surface area (Å²) in [7, 11) is 0. The maximum Gasteiger partial charge on any atom is 0.428 e.